The summed E-state index contributed by atoms with van der Waals surface area (Å²) in [6.45, 7) is 4.34. The van der Waals surface area contributed by atoms with E-state index in [1.807, 2.05) is 44.2 Å². The minimum Gasteiger partial charge on any atom is -0.494 e. The maximum Gasteiger partial charge on any atom is 0.272 e. The molecule has 1 N–H and O–H groups in total. The second-order valence-electron chi connectivity index (χ2n) is 8.35. The van der Waals surface area contributed by atoms with Gasteiger partial charge in [-0.25, -0.2) is 4.90 Å². The van der Waals surface area contributed by atoms with E-state index < -0.39 is 29.7 Å². The molecule has 5 rings (SSSR count). The van der Waals surface area contributed by atoms with E-state index in [0.29, 0.717) is 29.4 Å². The predicted octanol–water partition coefficient (Wildman–Crippen LogP) is 3.77. The summed E-state index contributed by atoms with van der Waals surface area (Å²) >= 11 is 0. The molecule has 8 heteroatoms. The molecular weight excluding hydrogens is 444 g/mol. The summed E-state index contributed by atoms with van der Waals surface area (Å²) in [4.78, 5) is 41.6. The van der Waals surface area contributed by atoms with Crippen LogP contribution in [0.3, 0.4) is 0 Å². The number of aryl methyl sites for hydroxylation is 1. The Morgan fingerprint density at radius 3 is 2.23 bits per heavy atom. The fraction of sp³-hybridized carbons (Fsp3) is 0.185. The van der Waals surface area contributed by atoms with Gasteiger partial charge in [0, 0.05) is 5.69 Å². The highest BCUT2D eigenvalue weighted by atomic mass is 16.5. The number of fused-ring (bicyclic) bond motifs is 1. The third-order valence-corrected chi connectivity index (χ3v) is 6.02. The molecule has 0 aliphatic carbocycles. The van der Waals surface area contributed by atoms with Crippen LogP contribution in [0.5, 0.6) is 5.75 Å². The van der Waals surface area contributed by atoms with Gasteiger partial charge in [-0.05, 0) is 62.4 Å². The lowest BCUT2D eigenvalue weighted by molar-refractivity contribution is -0.122. The first kappa shape index (κ1) is 22.3. The monoisotopic (exact) mass is 468 g/mol. The molecule has 176 valence electrons. The fourth-order valence-corrected chi connectivity index (χ4v) is 4.34. The number of nitrogens with one attached hydrogen (secondary N) is 1. The molecule has 3 amide bonds. The number of benzene rings is 3. The normalized spacial score (nSPS) is 19.0. The number of hydrogen-bond donors (Lipinski definition) is 1. The van der Waals surface area contributed by atoms with Crippen molar-refractivity contribution in [1.29, 1.82) is 0 Å². The van der Waals surface area contributed by atoms with E-state index in [0.717, 1.165) is 10.5 Å². The van der Waals surface area contributed by atoms with Crippen molar-refractivity contribution >= 4 is 40.5 Å². The van der Waals surface area contributed by atoms with Gasteiger partial charge in [0.15, 0.2) is 0 Å². The Kier molecular flexibility index (Phi) is 5.78. The topological polar surface area (TPSA) is 91.3 Å². The smallest absolute Gasteiger partial charge is 0.272 e. The second kappa shape index (κ2) is 9.06. The molecule has 0 bridgehead atoms. The first-order valence-electron chi connectivity index (χ1n) is 11.4. The minimum absolute atomic E-state index is 0.00575. The van der Waals surface area contributed by atoms with E-state index in [1.165, 1.54) is 5.01 Å². The van der Waals surface area contributed by atoms with Crippen molar-refractivity contribution in [3.05, 3.63) is 84.4 Å². The zero-order chi connectivity index (χ0) is 24.5. The maximum atomic E-state index is 13.6. The summed E-state index contributed by atoms with van der Waals surface area (Å²) in [5, 5.41) is 8.76. The maximum absolute atomic E-state index is 13.6. The summed E-state index contributed by atoms with van der Waals surface area (Å²) in [5.74, 6) is -1.83. The number of imide groups is 1. The number of ether oxygens (including phenoxy) is 1. The molecule has 0 spiro atoms. The van der Waals surface area contributed by atoms with E-state index in [4.69, 9.17) is 4.74 Å². The molecule has 35 heavy (non-hydrogen) atoms. The number of nitrogens with zero attached hydrogens (tertiary/aromatic N) is 3. The third-order valence-electron chi connectivity index (χ3n) is 6.02. The lowest BCUT2D eigenvalue weighted by Crippen LogP contribution is -2.39. The number of carbonyl (C=O) groups excluding carboxylic acids is 3. The van der Waals surface area contributed by atoms with Gasteiger partial charge in [0.25, 0.3) is 11.8 Å². The molecule has 2 atom stereocenters. The van der Waals surface area contributed by atoms with Crippen LogP contribution in [-0.4, -0.2) is 36.1 Å². The Balaban J connectivity index is 1.52. The van der Waals surface area contributed by atoms with Crippen LogP contribution in [0.2, 0.25) is 0 Å². The number of anilines is 3. The van der Waals surface area contributed by atoms with Crippen molar-refractivity contribution in [1.82, 2.24) is 0 Å². The molecule has 2 aliphatic rings. The van der Waals surface area contributed by atoms with Crippen molar-refractivity contribution in [3.8, 4) is 5.75 Å². The first-order chi connectivity index (χ1) is 17.0. The van der Waals surface area contributed by atoms with Gasteiger partial charge in [-0.15, -0.1) is 0 Å². The highest BCUT2D eigenvalue weighted by molar-refractivity contribution is 6.51. The molecular formula is C27H24N4O4. The van der Waals surface area contributed by atoms with Crippen molar-refractivity contribution in [3.63, 3.8) is 0 Å². The van der Waals surface area contributed by atoms with Crippen LogP contribution in [0.1, 0.15) is 12.5 Å². The third kappa shape index (κ3) is 4.03. The van der Waals surface area contributed by atoms with Gasteiger partial charge in [-0.1, -0.05) is 35.9 Å². The molecule has 3 aromatic rings. The first-order valence-corrected chi connectivity index (χ1v) is 11.4. The summed E-state index contributed by atoms with van der Waals surface area (Å²) in [5.41, 5.74) is 2.67. The fourth-order valence-electron chi connectivity index (χ4n) is 4.34. The molecule has 2 aliphatic heterocycles. The van der Waals surface area contributed by atoms with E-state index in [1.54, 1.807) is 48.5 Å². The summed E-state index contributed by atoms with van der Waals surface area (Å²) in [7, 11) is 0. The van der Waals surface area contributed by atoms with Crippen LogP contribution < -0.4 is 20.0 Å². The van der Waals surface area contributed by atoms with Crippen molar-refractivity contribution in [2.75, 3.05) is 21.8 Å². The van der Waals surface area contributed by atoms with Crippen LogP contribution >= 0.6 is 0 Å². The van der Waals surface area contributed by atoms with E-state index in [9.17, 15) is 14.4 Å². The molecule has 8 nitrogen and oxygen atoms in total. The zero-order valence-corrected chi connectivity index (χ0v) is 19.3. The lowest BCUT2D eigenvalue weighted by Gasteiger charge is -2.22. The van der Waals surface area contributed by atoms with Crippen molar-refractivity contribution in [2.45, 2.75) is 19.9 Å². The summed E-state index contributed by atoms with van der Waals surface area (Å²) in [6, 6.07) is 22.2. The van der Waals surface area contributed by atoms with Crippen LogP contribution in [0.4, 0.5) is 17.1 Å². The van der Waals surface area contributed by atoms with Gasteiger partial charge >= 0.3 is 0 Å². The van der Waals surface area contributed by atoms with Gasteiger partial charge in [-0.2, -0.15) is 5.10 Å². The SMILES string of the molecule is CCOc1ccc(N2C(=O)[C@@H]3C(C(=O)Nc4ccccc4)=NN(c4ccc(C)cc4)[C@@H]3C2=O)cc1. The number of hydrazone groups is 1. The van der Waals surface area contributed by atoms with Crippen LogP contribution in [0.15, 0.2) is 84.0 Å². The number of amides is 3. The minimum atomic E-state index is -1.03. The second-order valence-corrected chi connectivity index (χ2v) is 8.35. The zero-order valence-electron chi connectivity index (χ0n) is 19.3. The summed E-state index contributed by atoms with van der Waals surface area (Å²) in [6.07, 6.45) is 0. The largest absolute Gasteiger partial charge is 0.494 e. The lowest BCUT2D eigenvalue weighted by atomic mass is 9.97. The quantitative estimate of drug-likeness (QED) is 0.556. The molecule has 0 saturated carbocycles. The number of rotatable bonds is 6. The van der Waals surface area contributed by atoms with Crippen molar-refractivity contribution in [2.24, 2.45) is 11.0 Å². The van der Waals surface area contributed by atoms with Gasteiger partial charge in [0.1, 0.15) is 23.4 Å². The average molecular weight is 469 g/mol. The van der Waals surface area contributed by atoms with E-state index in [-0.39, 0.29) is 5.71 Å². The average Bonchev–Trinajstić information content (AvgIpc) is 3.38. The molecule has 0 unspecified atom stereocenters. The molecule has 3 aromatic carbocycles. The Morgan fingerprint density at radius 2 is 1.57 bits per heavy atom. The molecule has 2 heterocycles. The van der Waals surface area contributed by atoms with Crippen LogP contribution in [-0.2, 0) is 14.4 Å². The number of hydrogen-bond acceptors (Lipinski definition) is 6. The van der Waals surface area contributed by atoms with Gasteiger partial charge in [-0.3, -0.25) is 19.4 Å². The van der Waals surface area contributed by atoms with Crippen LogP contribution in [0.25, 0.3) is 0 Å². The van der Waals surface area contributed by atoms with Gasteiger partial charge in [0.05, 0.1) is 18.0 Å². The van der Waals surface area contributed by atoms with Gasteiger partial charge in [0.2, 0.25) is 5.91 Å². The predicted molar refractivity (Wildman–Crippen MR) is 134 cm³/mol. The Bertz CT molecular complexity index is 1300. The van der Waals surface area contributed by atoms with Crippen molar-refractivity contribution < 1.29 is 19.1 Å². The molecule has 1 saturated heterocycles. The highest BCUT2D eigenvalue weighted by Gasteiger charge is 2.58. The van der Waals surface area contributed by atoms with Crippen LogP contribution in [0, 0.1) is 12.8 Å². The summed E-state index contributed by atoms with van der Waals surface area (Å²) < 4.78 is 5.47. The van der Waals surface area contributed by atoms with E-state index >= 15 is 0 Å². The molecule has 0 radical (unpaired) electrons. The molecule has 0 aromatic heterocycles. The number of carbonyl (C=O) groups is 3. The Hall–Kier alpha value is -4.46. The van der Waals surface area contributed by atoms with Gasteiger partial charge < -0.3 is 10.1 Å². The Morgan fingerprint density at radius 1 is 0.914 bits per heavy atom. The number of para-hydroxylation sites is 1. The standard InChI is InChI=1S/C27H24N4O4/c1-3-35-21-15-13-19(14-16-21)30-26(33)22-23(25(32)28-18-7-5-4-6-8-18)29-31(24(22)27(30)34)20-11-9-17(2)10-12-20/h4-16,22,24H,3H2,1-2H3,(H,28,32)/t22-,24+/m1/s1. The Labute approximate surface area is 202 Å². The highest BCUT2D eigenvalue weighted by Crippen LogP contribution is 2.38. The molecule has 1 fully saturated rings. The van der Waals surface area contributed by atoms with E-state index in [2.05, 4.69) is 10.4 Å².